The van der Waals surface area contributed by atoms with Crippen LogP contribution in [0.1, 0.15) is 194 Å². The Hall–Kier alpha value is -0.650. The number of carboxylic acids is 1. The first kappa shape index (κ1) is 41.5. The molecule has 40 heavy (non-hydrogen) atoms. The van der Waals surface area contributed by atoms with Crippen LogP contribution in [-0.2, 0) is 4.79 Å². The Bertz CT molecular complexity index is 461. The molecule has 242 valence electrons. The third kappa shape index (κ3) is 39.5. The smallest absolute Gasteiger partial charge is 0.303 e. The summed E-state index contributed by atoms with van der Waals surface area (Å²) in [6.07, 6.45) is 36.1. The molecular formula is C35H73NO4. The number of aliphatic hydroxyl groups is 2. The van der Waals surface area contributed by atoms with E-state index in [1.54, 1.807) is 0 Å². The van der Waals surface area contributed by atoms with Crippen LogP contribution >= 0.6 is 0 Å². The molecular weight excluding hydrogens is 498 g/mol. The van der Waals surface area contributed by atoms with Crippen molar-refractivity contribution in [3.63, 3.8) is 0 Å². The van der Waals surface area contributed by atoms with Gasteiger partial charge in [-0.05, 0) is 12.8 Å². The fourth-order valence-electron chi connectivity index (χ4n) is 5.23. The van der Waals surface area contributed by atoms with Crippen molar-refractivity contribution in [2.24, 2.45) is 0 Å². The number of aliphatic hydroxyl groups excluding tert-OH is 2. The molecule has 4 N–H and O–H groups in total. The molecule has 0 aliphatic heterocycles. The molecule has 0 aliphatic carbocycles. The van der Waals surface area contributed by atoms with Gasteiger partial charge in [-0.3, -0.25) is 4.79 Å². The summed E-state index contributed by atoms with van der Waals surface area (Å²) in [6, 6.07) is 0.167. The summed E-state index contributed by atoms with van der Waals surface area (Å²) in [4.78, 5) is 10.3. The molecule has 0 fully saturated rings. The molecule has 0 radical (unpaired) electrons. The number of hydrogen-bond acceptors (Lipinski definition) is 4. The number of unbranched alkanes of at least 4 members (excludes halogenated alkanes) is 24. The highest BCUT2D eigenvalue weighted by atomic mass is 16.4. The van der Waals surface area contributed by atoms with E-state index in [-0.39, 0.29) is 19.3 Å². The van der Waals surface area contributed by atoms with Crippen molar-refractivity contribution < 1.29 is 20.1 Å². The molecule has 0 spiro atoms. The highest BCUT2D eigenvalue weighted by Gasteiger charge is 2.05. The highest BCUT2D eigenvalue weighted by Crippen LogP contribution is 2.14. The van der Waals surface area contributed by atoms with Gasteiger partial charge in [0.2, 0.25) is 0 Å². The van der Waals surface area contributed by atoms with Crippen LogP contribution in [-0.4, -0.2) is 47.1 Å². The van der Waals surface area contributed by atoms with Gasteiger partial charge >= 0.3 is 5.97 Å². The van der Waals surface area contributed by atoms with Gasteiger partial charge in [-0.25, -0.2) is 0 Å². The third-order valence-electron chi connectivity index (χ3n) is 7.92. The van der Waals surface area contributed by atoms with Gasteiger partial charge in [-0.15, -0.1) is 0 Å². The van der Waals surface area contributed by atoms with Crippen molar-refractivity contribution in [1.82, 2.24) is 5.32 Å². The largest absolute Gasteiger partial charge is 0.481 e. The van der Waals surface area contributed by atoms with Crippen LogP contribution in [0.15, 0.2) is 0 Å². The van der Waals surface area contributed by atoms with Crippen molar-refractivity contribution in [2.45, 2.75) is 200 Å². The Labute approximate surface area is 250 Å². The zero-order valence-corrected chi connectivity index (χ0v) is 27.2. The fourth-order valence-corrected chi connectivity index (χ4v) is 5.23. The van der Waals surface area contributed by atoms with Crippen molar-refractivity contribution in [3.05, 3.63) is 0 Å². The second-order valence-electron chi connectivity index (χ2n) is 12.0. The van der Waals surface area contributed by atoms with Crippen LogP contribution in [0.5, 0.6) is 0 Å². The summed E-state index contributed by atoms with van der Waals surface area (Å²) < 4.78 is 0. The molecule has 5 heteroatoms. The van der Waals surface area contributed by atoms with Gasteiger partial charge in [0.05, 0.1) is 13.2 Å². The summed E-state index contributed by atoms with van der Waals surface area (Å²) in [5.41, 5.74) is 0. The van der Waals surface area contributed by atoms with Crippen LogP contribution < -0.4 is 5.32 Å². The number of carboxylic acid groups (broad SMARTS) is 1. The van der Waals surface area contributed by atoms with Gasteiger partial charge < -0.3 is 20.6 Å². The summed E-state index contributed by atoms with van der Waals surface area (Å²) >= 11 is 0. The van der Waals surface area contributed by atoms with Gasteiger partial charge in [0.1, 0.15) is 0 Å². The standard InChI is InChI=1S/C19H41NO2.C16H32O2/c1-2-3-4-5-6-7-8-9-10-11-12-13-14-15-19(18-22)20-16-17-21;1-2-3-4-5-6-7-8-9-10-11-12-13-14-15-16(17)18/h19-22H,2-18H2,1H3;2-15H2,1H3,(H,17,18). The molecule has 0 aromatic rings. The zero-order chi connectivity index (χ0) is 29.8. The second kappa shape index (κ2) is 38.4. The number of carbonyl (C=O) groups is 1. The molecule has 0 saturated carbocycles. The molecule has 0 amide bonds. The Balaban J connectivity index is 0. The van der Waals surface area contributed by atoms with Gasteiger partial charge in [0.15, 0.2) is 0 Å². The summed E-state index contributed by atoms with van der Waals surface area (Å²) in [5, 5.41) is 29.6. The summed E-state index contributed by atoms with van der Waals surface area (Å²) in [7, 11) is 0. The maximum absolute atomic E-state index is 10.3. The molecule has 0 aromatic carbocycles. The number of nitrogens with one attached hydrogen (secondary N) is 1. The van der Waals surface area contributed by atoms with E-state index in [0.29, 0.717) is 13.0 Å². The zero-order valence-electron chi connectivity index (χ0n) is 27.2. The molecule has 1 atom stereocenters. The van der Waals surface area contributed by atoms with Gasteiger partial charge in [-0.1, -0.05) is 174 Å². The first-order valence-electron chi connectivity index (χ1n) is 17.8. The summed E-state index contributed by atoms with van der Waals surface area (Å²) in [5.74, 6) is -0.655. The minimum atomic E-state index is -0.655. The Morgan fingerprint density at radius 3 is 1.15 bits per heavy atom. The van der Waals surface area contributed by atoms with Crippen molar-refractivity contribution in [3.8, 4) is 0 Å². The molecule has 0 rings (SSSR count). The summed E-state index contributed by atoms with van der Waals surface area (Å²) in [6.45, 7) is 5.45. The first-order chi connectivity index (χ1) is 19.6. The van der Waals surface area contributed by atoms with E-state index in [1.807, 2.05) is 0 Å². The third-order valence-corrected chi connectivity index (χ3v) is 7.92. The number of hydrogen-bond donors (Lipinski definition) is 4. The maximum Gasteiger partial charge on any atom is 0.303 e. The van der Waals surface area contributed by atoms with Gasteiger partial charge in [0, 0.05) is 19.0 Å². The fraction of sp³-hybridized carbons (Fsp3) is 0.971. The van der Waals surface area contributed by atoms with Gasteiger partial charge in [-0.2, -0.15) is 0 Å². The van der Waals surface area contributed by atoms with E-state index < -0.39 is 5.97 Å². The average molecular weight is 572 g/mol. The number of aliphatic carboxylic acids is 1. The second-order valence-corrected chi connectivity index (χ2v) is 12.0. The van der Waals surface area contributed by atoms with Crippen LogP contribution in [0.3, 0.4) is 0 Å². The molecule has 0 bridgehead atoms. The van der Waals surface area contributed by atoms with Crippen LogP contribution in [0.25, 0.3) is 0 Å². The lowest BCUT2D eigenvalue weighted by Gasteiger charge is -2.15. The number of rotatable bonds is 32. The van der Waals surface area contributed by atoms with Crippen LogP contribution in [0, 0.1) is 0 Å². The minimum absolute atomic E-state index is 0.148. The molecule has 0 aromatic heterocycles. The lowest BCUT2D eigenvalue weighted by molar-refractivity contribution is -0.137. The topological polar surface area (TPSA) is 89.8 Å². The Morgan fingerprint density at radius 2 is 0.850 bits per heavy atom. The van der Waals surface area contributed by atoms with E-state index in [9.17, 15) is 9.90 Å². The highest BCUT2D eigenvalue weighted by molar-refractivity contribution is 5.66. The normalized spacial score (nSPS) is 11.8. The van der Waals surface area contributed by atoms with Gasteiger partial charge in [0.25, 0.3) is 0 Å². The van der Waals surface area contributed by atoms with E-state index in [2.05, 4.69) is 19.2 Å². The lowest BCUT2D eigenvalue weighted by atomic mass is 10.0. The predicted octanol–water partition coefficient (Wildman–Crippen LogP) is 9.96. The van der Waals surface area contributed by atoms with Crippen LogP contribution in [0.2, 0.25) is 0 Å². The predicted molar refractivity (Wildman–Crippen MR) is 174 cm³/mol. The average Bonchev–Trinajstić information content (AvgIpc) is 2.95. The Morgan fingerprint density at radius 1 is 0.525 bits per heavy atom. The van der Waals surface area contributed by atoms with Crippen molar-refractivity contribution in [2.75, 3.05) is 19.8 Å². The molecule has 1 unspecified atom stereocenters. The minimum Gasteiger partial charge on any atom is -0.481 e. The lowest BCUT2D eigenvalue weighted by Crippen LogP contribution is -2.34. The molecule has 0 heterocycles. The Kier molecular flexibility index (Phi) is 39.8. The van der Waals surface area contributed by atoms with Crippen molar-refractivity contribution in [1.29, 1.82) is 0 Å². The van der Waals surface area contributed by atoms with E-state index in [4.69, 9.17) is 10.2 Å². The first-order valence-corrected chi connectivity index (χ1v) is 17.8. The van der Waals surface area contributed by atoms with Crippen LogP contribution in [0.4, 0.5) is 0 Å². The molecule has 5 nitrogen and oxygen atoms in total. The molecule has 0 saturated heterocycles. The quantitative estimate of drug-likeness (QED) is 0.0603. The van der Waals surface area contributed by atoms with E-state index >= 15 is 0 Å². The van der Waals surface area contributed by atoms with Crippen molar-refractivity contribution >= 4 is 5.97 Å². The van der Waals surface area contributed by atoms with E-state index in [1.165, 1.54) is 154 Å². The molecule has 0 aliphatic rings. The maximum atomic E-state index is 10.3. The monoisotopic (exact) mass is 572 g/mol. The van der Waals surface area contributed by atoms with E-state index in [0.717, 1.165) is 19.3 Å². The SMILES string of the molecule is CCCCCCCCCCCCCCCC(=O)O.CCCCCCCCCCCCCCCC(CO)NCCO.